The first-order chi connectivity index (χ1) is 4.81. The van der Waals surface area contributed by atoms with Crippen LogP contribution in [0.25, 0.3) is 0 Å². The molecule has 0 saturated carbocycles. The predicted octanol–water partition coefficient (Wildman–Crippen LogP) is 0.577. The second-order valence-electron chi connectivity index (χ2n) is 1.11. The van der Waals surface area contributed by atoms with Crippen LogP contribution in [-0.4, -0.2) is 32.1 Å². The molecule has 1 heterocycles. The zero-order valence-electron chi connectivity index (χ0n) is 5.24. The molecule has 0 fully saturated rings. The minimum absolute atomic E-state index is 0. The van der Waals surface area contributed by atoms with Crippen molar-refractivity contribution in [3.05, 3.63) is 18.5 Å². The monoisotopic (exact) mass is 264 g/mol. The zero-order chi connectivity index (χ0) is 7.82. The fourth-order valence-electron chi connectivity index (χ4n) is 0.291. The number of aromatic hydroxyl groups is 1. The molecular weight excluding hydrogens is 258 g/mol. The third kappa shape index (κ3) is 9.94. The molecule has 0 spiro atoms. The van der Waals surface area contributed by atoms with Crippen molar-refractivity contribution in [1.29, 1.82) is 0 Å². The number of nitrogens with zero attached hydrogens (tertiary/aromatic N) is 2. The first-order valence-electron chi connectivity index (χ1n) is 2.16. The molecule has 1 rings (SSSR count). The first-order valence-corrected chi connectivity index (χ1v) is 2.78. The summed E-state index contributed by atoms with van der Waals surface area (Å²) in [6, 6.07) is 1.46. The molecule has 1 aromatic rings. The minimum atomic E-state index is -0.178. The summed E-state index contributed by atoms with van der Waals surface area (Å²) < 4.78 is 3.19. The van der Waals surface area contributed by atoms with Crippen LogP contribution in [0.15, 0.2) is 18.5 Å². The van der Waals surface area contributed by atoms with E-state index in [0.29, 0.717) is 0 Å². The Hall–Kier alpha value is -0.0605. The summed E-state index contributed by atoms with van der Waals surface area (Å²) in [6.07, 6.45) is 2.95. The summed E-state index contributed by atoms with van der Waals surface area (Å²) in [5, 5.41) is 8.41. The summed E-state index contributed by atoms with van der Waals surface area (Å²) in [5.41, 5.74) is 0. The zero-order valence-corrected chi connectivity index (χ0v) is 8.85. The standard InChI is InChI=1S/C4H4N2O.Cl2O.H2Se/c7-4-5-2-1-3-6-4;1-3-2;/h1-3H,(H,5,6,7);;1H2. The Bertz CT molecular complexity index is 165. The van der Waals surface area contributed by atoms with Crippen LogP contribution in [0.3, 0.4) is 0 Å². The van der Waals surface area contributed by atoms with Crippen LogP contribution in [0.5, 0.6) is 6.01 Å². The third-order valence-electron chi connectivity index (χ3n) is 0.552. The Morgan fingerprint density at radius 3 is 1.82 bits per heavy atom. The van der Waals surface area contributed by atoms with E-state index in [1.54, 1.807) is 6.07 Å². The Morgan fingerprint density at radius 2 is 1.64 bits per heavy atom. The van der Waals surface area contributed by atoms with E-state index in [-0.39, 0.29) is 23.1 Å². The van der Waals surface area contributed by atoms with Gasteiger partial charge in [0.15, 0.2) is 0 Å². The Kier molecular flexibility index (Phi) is 12.2. The van der Waals surface area contributed by atoms with Crippen LogP contribution in [0.2, 0.25) is 0 Å². The van der Waals surface area contributed by atoms with E-state index in [1.807, 2.05) is 0 Å². The van der Waals surface area contributed by atoms with Crippen molar-refractivity contribution in [2.75, 3.05) is 0 Å². The van der Waals surface area contributed by atoms with Gasteiger partial charge in [0.05, 0.1) is 23.7 Å². The normalized spacial score (nSPS) is 7.09. The second-order valence-corrected chi connectivity index (χ2v) is 1.57. The Morgan fingerprint density at radius 1 is 1.27 bits per heavy atom. The average Bonchev–Trinajstić information content (AvgIpc) is 1.91. The van der Waals surface area contributed by atoms with Gasteiger partial charge in [0.25, 0.3) is 0 Å². The van der Waals surface area contributed by atoms with Crippen molar-refractivity contribution in [3.63, 3.8) is 0 Å². The second kappa shape index (κ2) is 9.94. The van der Waals surface area contributed by atoms with Gasteiger partial charge in [0.2, 0.25) is 0 Å². The number of halogens is 2. The molecule has 11 heavy (non-hydrogen) atoms. The van der Waals surface area contributed by atoms with Gasteiger partial charge in [0.1, 0.15) is 0 Å². The summed E-state index contributed by atoms with van der Waals surface area (Å²) in [4.78, 5) is 6.85. The first kappa shape index (κ1) is 13.5. The SMILES string of the molecule is ClOCl.Oc1ncccn1.[SeH2]. The summed E-state index contributed by atoms with van der Waals surface area (Å²) >= 11 is 8.53. The molecule has 64 valence electrons. The molecule has 0 unspecified atom stereocenters. The number of hydrogen-bond acceptors (Lipinski definition) is 4. The summed E-state index contributed by atoms with van der Waals surface area (Å²) in [5.74, 6) is 0. The van der Waals surface area contributed by atoms with Gasteiger partial charge in [-0.05, 0) is 6.07 Å². The fraction of sp³-hybridized carbons (Fsp3) is 0. The van der Waals surface area contributed by atoms with E-state index in [9.17, 15) is 0 Å². The quantitative estimate of drug-likeness (QED) is 0.696. The number of aromatic nitrogens is 2. The topological polar surface area (TPSA) is 55.2 Å². The van der Waals surface area contributed by atoms with Crippen LogP contribution in [0.4, 0.5) is 0 Å². The van der Waals surface area contributed by atoms with Gasteiger partial charge in [-0.1, -0.05) is 0 Å². The molecule has 0 aromatic carbocycles. The fourth-order valence-corrected chi connectivity index (χ4v) is 0.291. The van der Waals surface area contributed by atoms with Gasteiger partial charge in [0, 0.05) is 12.4 Å². The van der Waals surface area contributed by atoms with Crippen molar-refractivity contribution in [3.8, 4) is 6.01 Å². The predicted molar refractivity (Wildman–Crippen MR) is 45.0 cm³/mol. The van der Waals surface area contributed by atoms with Crippen LogP contribution in [-0.2, 0) is 3.84 Å². The molecule has 7 heteroatoms. The van der Waals surface area contributed by atoms with Crippen molar-refractivity contribution in [2.24, 2.45) is 0 Å². The Balaban J connectivity index is 0. The van der Waals surface area contributed by atoms with E-state index in [4.69, 9.17) is 5.11 Å². The van der Waals surface area contributed by atoms with Crippen molar-refractivity contribution >= 4 is 40.8 Å². The van der Waals surface area contributed by atoms with Crippen molar-refractivity contribution < 1.29 is 8.95 Å². The van der Waals surface area contributed by atoms with Crippen molar-refractivity contribution in [1.82, 2.24) is 9.97 Å². The van der Waals surface area contributed by atoms with E-state index in [2.05, 4.69) is 37.5 Å². The molecule has 0 saturated heterocycles. The Labute approximate surface area is 84.3 Å². The number of rotatable bonds is 0. The van der Waals surface area contributed by atoms with Crippen LogP contribution < -0.4 is 0 Å². The molecule has 0 aliphatic rings. The van der Waals surface area contributed by atoms with E-state index >= 15 is 0 Å². The maximum absolute atomic E-state index is 8.41. The maximum atomic E-state index is 8.41. The molecule has 4 nitrogen and oxygen atoms in total. The van der Waals surface area contributed by atoms with Gasteiger partial charge < -0.3 is 5.11 Å². The van der Waals surface area contributed by atoms with E-state index in [1.165, 1.54) is 12.4 Å². The molecule has 1 N–H and O–H groups in total. The third-order valence-corrected chi connectivity index (χ3v) is 0.552. The molecule has 0 amide bonds. The molecule has 0 bridgehead atoms. The van der Waals surface area contributed by atoms with Crippen LogP contribution in [0, 0.1) is 0 Å². The van der Waals surface area contributed by atoms with Gasteiger partial charge in [-0.3, -0.25) is 0 Å². The molecule has 0 atom stereocenters. The summed E-state index contributed by atoms with van der Waals surface area (Å²) in [7, 11) is 0. The van der Waals surface area contributed by atoms with Gasteiger partial charge in [-0.2, -0.15) is 3.84 Å². The van der Waals surface area contributed by atoms with Gasteiger partial charge in [-0.25, -0.2) is 9.97 Å². The summed E-state index contributed by atoms with van der Waals surface area (Å²) in [6.45, 7) is 0. The van der Waals surface area contributed by atoms with Gasteiger partial charge in [-0.15, -0.1) is 0 Å². The van der Waals surface area contributed by atoms with Crippen LogP contribution >= 0.6 is 23.7 Å². The molecule has 1 aromatic heterocycles. The van der Waals surface area contributed by atoms with Crippen molar-refractivity contribution in [2.45, 2.75) is 0 Å². The number of hydrogen-bond donors (Lipinski definition) is 1. The van der Waals surface area contributed by atoms with E-state index < -0.39 is 0 Å². The molecular formula is C4H6Cl2N2O2Se. The molecule has 0 radical (unpaired) electrons. The molecule has 0 aliphatic carbocycles. The van der Waals surface area contributed by atoms with Crippen LogP contribution in [0.1, 0.15) is 0 Å². The average molecular weight is 264 g/mol. The molecule has 0 aliphatic heterocycles. The van der Waals surface area contributed by atoms with Gasteiger partial charge >= 0.3 is 23.1 Å². The van der Waals surface area contributed by atoms with E-state index in [0.717, 1.165) is 0 Å².